The quantitative estimate of drug-likeness (QED) is 0.509. The molecule has 4 heteroatoms. The lowest BCUT2D eigenvalue weighted by Gasteiger charge is -2.22. The zero-order chi connectivity index (χ0) is 9.12. The molecule has 66 valence electrons. The summed E-state index contributed by atoms with van der Waals surface area (Å²) < 4.78 is 10.6. The molecular weight excluding hydrogens is 163 g/mol. The zero-order valence-electron chi connectivity index (χ0n) is 6.95. The van der Waals surface area contributed by atoms with Crippen LogP contribution >= 0.6 is 7.60 Å². The van der Waals surface area contributed by atoms with Gasteiger partial charge in [-0.25, -0.2) is 0 Å². The minimum Gasteiger partial charge on any atom is -0.324 e. The monoisotopic (exact) mass is 178 g/mol. The summed E-state index contributed by atoms with van der Waals surface area (Å²) in [4.78, 5) is 17.3. The van der Waals surface area contributed by atoms with Crippen molar-refractivity contribution in [3.63, 3.8) is 0 Å². The minimum absolute atomic E-state index is 0.0774. The Labute approximate surface area is 67.3 Å². The smallest absolute Gasteiger partial charge is 0.324 e. The highest BCUT2D eigenvalue weighted by atomic mass is 31.2. The largest absolute Gasteiger partial charge is 0.326 e. The molecule has 0 atom stereocenters. The van der Waals surface area contributed by atoms with Crippen LogP contribution in [-0.2, 0) is 4.57 Å². The molecule has 0 aliphatic carbocycles. The molecule has 0 bridgehead atoms. The van der Waals surface area contributed by atoms with Gasteiger partial charge in [0.1, 0.15) is 0 Å². The molecule has 3 nitrogen and oxygen atoms in total. The molecule has 0 aliphatic rings. The van der Waals surface area contributed by atoms with Crippen molar-refractivity contribution in [2.75, 3.05) is 6.16 Å². The molecule has 0 saturated heterocycles. The van der Waals surface area contributed by atoms with Crippen LogP contribution in [0.3, 0.4) is 0 Å². The Morgan fingerprint density at radius 3 is 2.27 bits per heavy atom. The molecule has 0 unspecified atom stereocenters. The summed E-state index contributed by atoms with van der Waals surface area (Å²) in [6.07, 6.45) is 2.22. The molecular formula is C7H15O3P. The van der Waals surface area contributed by atoms with Crippen molar-refractivity contribution >= 4 is 7.60 Å². The van der Waals surface area contributed by atoms with E-state index in [2.05, 4.69) is 6.58 Å². The van der Waals surface area contributed by atoms with Crippen molar-refractivity contribution in [1.29, 1.82) is 0 Å². The molecule has 0 aromatic rings. The maximum Gasteiger partial charge on any atom is 0.326 e. The summed E-state index contributed by atoms with van der Waals surface area (Å²) >= 11 is 0. The first-order valence-electron chi connectivity index (χ1n) is 3.42. The number of hydrogen-bond acceptors (Lipinski definition) is 1. The Morgan fingerprint density at radius 2 is 2.00 bits per heavy atom. The summed E-state index contributed by atoms with van der Waals surface area (Å²) in [6, 6.07) is 0. The van der Waals surface area contributed by atoms with E-state index in [-0.39, 0.29) is 11.6 Å². The van der Waals surface area contributed by atoms with Crippen LogP contribution < -0.4 is 0 Å². The SMILES string of the molecule is C=CCC(C)(C)CP(=O)(O)O. The Bertz CT molecular complexity index is 180. The van der Waals surface area contributed by atoms with Crippen LogP contribution in [0.15, 0.2) is 12.7 Å². The van der Waals surface area contributed by atoms with Gasteiger partial charge < -0.3 is 9.79 Å². The lowest BCUT2D eigenvalue weighted by Crippen LogP contribution is -2.15. The van der Waals surface area contributed by atoms with E-state index in [0.29, 0.717) is 6.42 Å². The second kappa shape index (κ2) is 3.53. The first kappa shape index (κ1) is 10.9. The van der Waals surface area contributed by atoms with Gasteiger partial charge in [-0.3, -0.25) is 4.57 Å². The van der Waals surface area contributed by atoms with Crippen LogP contribution in [0.4, 0.5) is 0 Å². The van der Waals surface area contributed by atoms with Crippen LogP contribution in [0, 0.1) is 5.41 Å². The van der Waals surface area contributed by atoms with Gasteiger partial charge in [0, 0.05) is 0 Å². The third kappa shape index (κ3) is 6.29. The average Bonchev–Trinajstić information content (AvgIpc) is 1.55. The Balaban J connectivity index is 4.12. The summed E-state index contributed by atoms with van der Waals surface area (Å²) in [7, 11) is -3.86. The second-order valence-electron chi connectivity index (χ2n) is 3.48. The van der Waals surface area contributed by atoms with E-state index in [9.17, 15) is 4.57 Å². The standard InChI is InChI=1S/C7H15O3P/c1-4-5-7(2,3)6-11(8,9)10/h4H,1,5-6H2,2-3H3,(H2,8,9,10). The molecule has 0 rings (SSSR count). The van der Waals surface area contributed by atoms with Gasteiger partial charge in [0.05, 0.1) is 6.16 Å². The van der Waals surface area contributed by atoms with Gasteiger partial charge in [-0.1, -0.05) is 19.9 Å². The Kier molecular flexibility index (Phi) is 3.49. The van der Waals surface area contributed by atoms with Gasteiger partial charge in [-0.15, -0.1) is 6.58 Å². The molecule has 0 heterocycles. The number of rotatable bonds is 4. The van der Waals surface area contributed by atoms with Crippen molar-refractivity contribution in [2.45, 2.75) is 20.3 Å². The molecule has 11 heavy (non-hydrogen) atoms. The zero-order valence-corrected chi connectivity index (χ0v) is 7.84. The molecule has 0 aromatic carbocycles. The highest BCUT2D eigenvalue weighted by Crippen LogP contribution is 2.42. The topological polar surface area (TPSA) is 57.5 Å². The molecule has 0 fully saturated rings. The maximum absolute atomic E-state index is 10.6. The fraction of sp³-hybridized carbons (Fsp3) is 0.714. The van der Waals surface area contributed by atoms with Gasteiger partial charge in [-0.2, -0.15) is 0 Å². The van der Waals surface area contributed by atoms with Crippen LogP contribution in [0.1, 0.15) is 20.3 Å². The highest BCUT2D eigenvalue weighted by molar-refractivity contribution is 7.51. The van der Waals surface area contributed by atoms with E-state index < -0.39 is 7.60 Å². The molecule has 0 aliphatic heterocycles. The summed E-state index contributed by atoms with van der Waals surface area (Å²) in [5, 5.41) is 0. The second-order valence-corrected chi connectivity index (χ2v) is 5.13. The van der Waals surface area contributed by atoms with Gasteiger partial charge >= 0.3 is 7.60 Å². The van der Waals surface area contributed by atoms with Gasteiger partial charge in [0.25, 0.3) is 0 Å². The fourth-order valence-electron chi connectivity index (χ4n) is 1.01. The van der Waals surface area contributed by atoms with Gasteiger partial charge in [-0.05, 0) is 11.8 Å². The summed E-state index contributed by atoms with van der Waals surface area (Å²) in [5.41, 5.74) is -0.346. The van der Waals surface area contributed by atoms with E-state index in [0.717, 1.165) is 0 Å². The predicted octanol–water partition coefficient (Wildman–Crippen LogP) is 1.77. The number of allylic oxidation sites excluding steroid dienone is 1. The fourth-order valence-corrected chi connectivity index (χ4v) is 2.26. The van der Waals surface area contributed by atoms with E-state index >= 15 is 0 Å². The summed E-state index contributed by atoms with van der Waals surface area (Å²) in [6.45, 7) is 7.15. The van der Waals surface area contributed by atoms with Crippen LogP contribution in [0.2, 0.25) is 0 Å². The Hall–Kier alpha value is -0.110. The molecule has 0 spiro atoms. The van der Waals surface area contributed by atoms with Gasteiger partial charge in [0.2, 0.25) is 0 Å². The third-order valence-corrected chi connectivity index (χ3v) is 2.60. The first-order valence-corrected chi connectivity index (χ1v) is 5.22. The normalized spacial score (nSPS) is 13.1. The molecule has 2 N–H and O–H groups in total. The predicted molar refractivity (Wildman–Crippen MR) is 45.5 cm³/mol. The lowest BCUT2D eigenvalue weighted by molar-refractivity contribution is 0.331. The first-order chi connectivity index (χ1) is 4.77. The molecule has 0 radical (unpaired) electrons. The van der Waals surface area contributed by atoms with Crippen molar-refractivity contribution in [2.24, 2.45) is 5.41 Å². The van der Waals surface area contributed by atoms with Crippen LogP contribution in [-0.4, -0.2) is 15.9 Å². The third-order valence-electron chi connectivity index (χ3n) is 1.33. The maximum atomic E-state index is 10.6. The summed E-state index contributed by atoms with van der Waals surface area (Å²) in [5.74, 6) is 0. The van der Waals surface area contributed by atoms with Crippen molar-refractivity contribution in [1.82, 2.24) is 0 Å². The van der Waals surface area contributed by atoms with Gasteiger partial charge in [0.15, 0.2) is 0 Å². The van der Waals surface area contributed by atoms with Crippen molar-refractivity contribution < 1.29 is 14.4 Å². The van der Waals surface area contributed by atoms with Crippen molar-refractivity contribution in [3.05, 3.63) is 12.7 Å². The van der Waals surface area contributed by atoms with E-state index in [1.54, 1.807) is 6.08 Å². The van der Waals surface area contributed by atoms with Crippen molar-refractivity contribution in [3.8, 4) is 0 Å². The minimum atomic E-state index is -3.86. The van der Waals surface area contributed by atoms with Crippen LogP contribution in [0.25, 0.3) is 0 Å². The van der Waals surface area contributed by atoms with E-state index in [1.165, 1.54) is 0 Å². The highest BCUT2D eigenvalue weighted by Gasteiger charge is 2.26. The lowest BCUT2D eigenvalue weighted by atomic mass is 9.92. The molecule has 0 amide bonds. The van der Waals surface area contributed by atoms with E-state index in [4.69, 9.17) is 9.79 Å². The number of hydrogen-bond donors (Lipinski definition) is 2. The molecule has 0 aromatic heterocycles. The Morgan fingerprint density at radius 1 is 1.55 bits per heavy atom. The van der Waals surface area contributed by atoms with Crippen LogP contribution in [0.5, 0.6) is 0 Å². The average molecular weight is 178 g/mol. The van der Waals surface area contributed by atoms with E-state index in [1.807, 2.05) is 13.8 Å². The molecule has 0 saturated carbocycles.